The highest BCUT2D eigenvalue weighted by molar-refractivity contribution is 7.13. The molecule has 2 aromatic rings. The number of nitrogens with zero attached hydrogens (tertiary/aromatic N) is 2. The Morgan fingerprint density at radius 3 is 3.05 bits per heavy atom. The average Bonchev–Trinajstić information content (AvgIpc) is 2.78. The zero-order chi connectivity index (χ0) is 13.8. The van der Waals surface area contributed by atoms with E-state index in [2.05, 4.69) is 10.3 Å². The van der Waals surface area contributed by atoms with Gasteiger partial charge in [0, 0.05) is 11.1 Å². The SMILES string of the molecule is N#Cc1cc(Nc2nc(CC(=O)O)cs2)ccc1F. The van der Waals surface area contributed by atoms with Crippen LogP contribution >= 0.6 is 11.3 Å². The second-order valence-electron chi connectivity index (χ2n) is 3.65. The van der Waals surface area contributed by atoms with Gasteiger partial charge in [-0.25, -0.2) is 9.37 Å². The van der Waals surface area contributed by atoms with Crippen molar-refractivity contribution in [2.24, 2.45) is 0 Å². The summed E-state index contributed by atoms with van der Waals surface area (Å²) in [7, 11) is 0. The third-order valence-corrected chi connectivity index (χ3v) is 3.03. The monoisotopic (exact) mass is 277 g/mol. The molecule has 2 N–H and O–H groups in total. The normalized spacial score (nSPS) is 9.89. The van der Waals surface area contributed by atoms with Gasteiger partial charge in [0.15, 0.2) is 5.13 Å². The summed E-state index contributed by atoms with van der Waals surface area (Å²) in [5, 5.41) is 22.4. The van der Waals surface area contributed by atoms with Crippen molar-refractivity contribution >= 4 is 28.1 Å². The first-order valence-electron chi connectivity index (χ1n) is 5.21. The second-order valence-corrected chi connectivity index (χ2v) is 4.50. The summed E-state index contributed by atoms with van der Waals surface area (Å²) in [4.78, 5) is 14.6. The van der Waals surface area contributed by atoms with Gasteiger partial charge >= 0.3 is 5.97 Å². The number of hydrogen-bond acceptors (Lipinski definition) is 5. The lowest BCUT2D eigenvalue weighted by Crippen LogP contribution is -2.00. The van der Waals surface area contributed by atoms with Gasteiger partial charge in [-0.05, 0) is 18.2 Å². The first kappa shape index (κ1) is 13.0. The van der Waals surface area contributed by atoms with Crippen LogP contribution in [0.5, 0.6) is 0 Å². The molecule has 0 radical (unpaired) electrons. The van der Waals surface area contributed by atoms with E-state index >= 15 is 0 Å². The maximum atomic E-state index is 13.1. The summed E-state index contributed by atoms with van der Waals surface area (Å²) in [5.41, 5.74) is 0.907. The second kappa shape index (κ2) is 5.46. The molecule has 0 fully saturated rings. The summed E-state index contributed by atoms with van der Waals surface area (Å²) < 4.78 is 13.1. The predicted octanol–water partition coefficient (Wildman–Crippen LogP) is 2.52. The van der Waals surface area contributed by atoms with Crippen LogP contribution in [-0.4, -0.2) is 16.1 Å². The maximum absolute atomic E-state index is 13.1. The minimum atomic E-state index is -0.953. The molecule has 0 atom stereocenters. The van der Waals surface area contributed by atoms with E-state index in [1.807, 2.05) is 0 Å². The molecule has 1 heterocycles. The highest BCUT2D eigenvalue weighted by atomic mass is 32.1. The van der Waals surface area contributed by atoms with E-state index in [0.29, 0.717) is 16.5 Å². The Bertz CT molecular complexity index is 663. The number of benzene rings is 1. The number of nitriles is 1. The standard InChI is InChI=1S/C12H8FN3O2S/c13-10-2-1-8(3-7(10)5-14)15-12-16-9(6-19-12)4-11(17)18/h1-3,6H,4H2,(H,15,16)(H,17,18). The van der Waals surface area contributed by atoms with Crippen LogP contribution in [0.25, 0.3) is 0 Å². The van der Waals surface area contributed by atoms with Crippen LogP contribution in [0, 0.1) is 17.1 Å². The number of carboxylic acids is 1. The fourth-order valence-corrected chi connectivity index (χ4v) is 2.14. The van der Waals surface area contributed by atoms with Crippen LogP contribution < -0.4 is 5.32 Å². The van der Waals surface area contributed by atoms with Crippen LogP contribution in [0.1, 0.15) is 11.3 Å². The fourth-order valence-electron chi connectivity index (χ4n) is 1.41. The number of aromatic nitrogens is 1. The number of rotatable bonds is 4. The molecule has 0 saturated heterocycles. The fraction of sp³-hybridized carbons (Fsp3) is 0.0833. The van der Waals surface area contributed by atoms with E-state index in [4.69, 9.17) is 10.4 Å². The predicted molar refractivity (Wildman–Crippen MR) is 67.9 cm³/mol. The molecule has 0 aliphatic heterocycles. The van der Waals surface area contributed by atoms with E-state index < -0.39 is 11.8 Å². The topological polar surface area (TPSA) is 86.0 Å². The molecule has 0 spiro atoms. The summed E-state index contributed by atoms with van der Waals surface area (Å²) in [6.45, 7) is 0. The third kappa shape index (κ3) is 3.26. The number of aliphatic carboxylic acids is 1. The van der Waals surface area contributed by atoms with Crippen molar-refractivity contribution in [1.29, 1.82) is 5.26 Å². The molecule has 0 amide bonds. The van der Waals surface area contributed by atoms with Crippen molar-refractivity contribution in [3.8, 4) is 6.07 Å². The molecular weight excluding hydrogens is 269 g/mol. The van der Waals surface area contributed by atoms with E-state index in [-0.39, 0.29) is 12.0 Å². The van der Waals surface area contributed by atoms with Gasteiger partial charge in [0.05, 0.1) is 17.7 Å². The average molecular weight is 277 g/mol. The van der Waals surface area contributed by atoms with Crippen LogP contribution in [0.15, 0.2) is 23.6 Å². The van der Waals surface area contributed by atoms with Crippen molar-refractivity contribution in [3.05, 3.63) is 40.7 Å². The molecule has 96 valence electrons. The minimum absolute atomic E-state index is 0.0627. The number of carboxylic acid groups (broad SMARTS) is 1. The molecule has 0 saturated carbocycles. The first-order chi connectivity index (χ1) is 9.08. The number of thiazole rings is 1. The van der Waals surface area contributed by atoms with Gasteiger partial charge in [-0.15, -0.1) is 11.3 Å². The van der Waals surface area contributed by atoms with Crippen LogP contribution in [0.2, 0.25) is 0 Å². The van der Waals surface area contributed by atoms with Crippen molar-refractivity contribution in [2.75, 3.05) is 5.32 Å². The Morgan fingerprint density at radius 2 is 2.37 bits per heavy atom. The molecule has 0 aliphatic rings. The van der Waals surface area contributed by atoms with Crippen LogP contribution in [0.4, 0.5) is 15.2 Å². The number of nitrogens with one attached hydrogen (secondary N) is 1. The van der Waals surface area contributed by atoms with Gasteiger partial charge in [0.25, 0.3) is 0 Å². The van der Waals surface area contributed by atoms with Crippen molar-refractivity contribution in [2.45, 2.75) is 6.42 Å². The number of hydrogen-bond donors (Lipinski definition) is 2. The zero-order valence-corrected chi connectivity index (χ0v) is 10.4. The van der Waals surface area contributed by atoms with Crippen molar-refractivity contribution in [3.63, 3.8) is 0 Å². The maximum Gasteiger partial charge on any atom is 0.309 e. The first-order valence-corrected chi connectivity index (χ1v) is 6.09. The van der Waals surface area contributed by atoms with E-state index in [1.165, 1.54) is 29.5 Å². The molecule has 0 unspecified atom stereocenters. The Morgan fingerprint density at radius 1 is 1.58 bits per heavy atom. The lowest BCUT2D eigenvalue weighted by atomic mass is 10.2. The Balaban J connectivity index is 2.15. The van der Waals surface area contributed by atoms with Gasteiger partial charge < -0.3 is 10.4 Å². The Hall–Kier alpha value is -2.46. The Kier molecular flexibility index (Phi) is 3.73. The number of carbonyl (C=O) groups is 1. The highest BCUT2D eigenvalue weighted by Gasteiger charge is 2.07. The third-order valence-electron chi connectivity index (χ3n) is 2.22. The molecule has 0 bridgehead atoms. The van der Waals surface area contributed by atoms with Gasteiger partial charge in [0.2, 0.25) is 0 Å². The molecule has 5 nitrogen and oxygen atoms in total. The van der Waals surface area contributed by atoms with E-state index in [9.17, 15) is 9.18 Å². The zero-order valence-electron chi connectivity index (χ0n) is 9.55. The van der Waals surface area contributed by atoms with E-state index in [1.54, 1.807) is 11.4 Å². The summed E-state index contributed by atoms with van der Waals surface area (Å²) in [6.07, 6.45) is -0.148. The number of halogens is 1. The lowest BCUT2D eigenvalue weighted by molar-refractivity contribution is -0.136. The molecule has 0 aliphatic carbocycles. The van der Waals surface area contributed by atoms with Gasteiger partial charge in [0.1, 0.15) is 11.9 Å². The lowest BCUT2D eigenvalue weighted by Gasteiger charge is -2.03. The molecule has 19 heavy (non-hydrogen) atoms. The molecule has 1 aromatic heterocycles. The molecule has 2 rings (SSSR count). The van der Waals surface area contributed by atoms with Crippen LogP contribution in [0.3, 0.4) is 0 Å². The smallest absolute Gasteiger partial charge is 0.309 e. The quantitative estimate of drug-likeness (QED) is 0.896. The molecule has 7 heteroatoms. The Labute approximate surface area is 112 Å². The summed E-state index contributed by atoms with van der Waals surface area (Å²) in [5.74, 6) is -1.54. The van der Waals surface area contributed by atoms with Gasteiger partial charge in [-0.2, -0.15) is 5.26 Å². The minimum Gasteiger partial charge on any atom is -0.481 e. The summed E-state index contributed by atoms with van der Waals surface area (Å²) >= 11 is 1.24. The van der Waals surface area contributed by atoms with Gasteiger partial charge in [-0.3, -0.25) is 4.79 Å². The van der Waals surface area contributed by atoms with Crippen molar-refractivity contribution in [1.82, 2.24) is 4.98 Å². The molecule has 1 aromatic carbocycles. The van der Waals surface area contributed by atoms with E-state index in [0.717, 1.165) is 0 Å². The number of anilines is 2. The van der Waals surface area contributed by atoms with Crippen LogP contribution in [-0.2, 0) is 11.2 Å². The highest BCUT2D eigenvalue weighted by Crippen LogP contribution is 2.22. The summed E-state index contributed by atoms with van der Waals surface area (Å²) in [6, 6.07) is 5.78. The van der Waals surface area contributed by atoms with Gasteiger partial charge in [-0.1, -0.05) is 0 Å². The van der Waals surface area contributed by atoms with Crippen molar-refractivity contribution < 1.29 is 14.3 Å². The largest absolute Gasteiger partial charge is 0.481 e. The molecular formula is C12H8FN3O2S.